The summed E-state index contributed by atoms with van der Waals surface area (Å²) in [6, 6.07) is 8.66. The van der Waals surface area contributed by atoms with Crippen molar-refractivity contribution in [1.29, 1.82) is 0 Å². The molecule has 0 aliphatic carbocycles. The van der Waals surface area contributed by atoms with Gasteiger partial charge in [-0.15, -0.1) is 0 Å². The molecule has 1 aliphatic heterocycles. The Morgan fingerprint density at radius 2 is 2.04 bits per heavy atom. The number of carbonyl (C=O) groups is 1. The Hall–Kier alpha value is -2.21. The van der Waals surface area contributed by atoms with Crippen molar-refractivity contribution in [3.63, 3.8) is 0 Å². The van der Waals surface area contributed by atoms with Gasteiger partial charge in [-0.05, 0) is 44.5 Å². The quantitative estimate of drug-likeness (QED) is 0.941. The zero-order valence-corrected chi connectivity index (χ0v) is 13.9. The van der Waals surface area contributed by atoms with E-state index >= 15 is 0 Å². The van der Waals surface area contributed by atoms with Crippen LogP contribution in [0.5, 0.6) is 0 Å². The van der Waals surface area contributed by atoms with Crippen LogP contribution in [0.25, 0.3) is 11.4 Å². The number of likely N-dealkylation sites (tertiary alicyclic amines) is 1. The Morgan fingerprint density at radius 1 is 1.30 bits per heavy atom. The van der Waals surface area contributed by atoms with Gasteiger partial charge in [-0.25, -0.2) is 4.98 Å². The van der Waals surface area contributed by atoms with Gasteiger partial charge in [0.2, 0.25) is 5.82 Å². The molecule has 1 amide bonds. The summed E-state index contributed by atoms with van der Waals surface area (Å²) in [7, 11) is 3.39. The fourth-order valence-electron chi connectivity index (χ4n) is 2.98. The molecule has 0 spiro atoms. The Labute approximate surface area is 136 Å². The molecule has 1 saturated heterocycles. The summed E-state index contributed by atoms with van der Waals surface area (Å²) >= 11 is 0. The van der Waals surface area contributed by atoms with E-state index in [2.05, 4.69) is 39.1 Å². The van der Waals surface area contributed by atoms with Crippen molar-refractivity contribution in [3.05, 3.63) is 35.7 Å². The fourth-order valence-corrected chi connectivity index (χ4v) is 2.98. The van der Waals surface area contributed by atoms with Crippen LogP contribution in [0.2, 0.25) is 0 Å². The van der Waals surface area contributed by atoms with Gasteiger partial charge in [-0.3, -0.25) is 14.8 Å². The largest absolute Gasteiger partial charge is 0.342 e. The number of nitrogens with one attached hydrogen (secondary N) is 1. The van der Waals surface area contributed by atoms with E-state index in [0.29, 0.717) is 11.9 Å². The molecule has 23 heavy (non-hydrogen) atoms. The molecule has 2 aromatic rings. The second kappa shape index (κ2) is 6.50. The van der Waals surface area contributed by atoms with E-state index in [4.69, 9.17) is 0 Å². The minimum Gasteiger partial charge on any atom is -0.342 e. The summed E-state index contributed by atoms with van der Waals surface area (Å²) in [5, 5.41) is 6.92. The number of amides is 1. The van der Waals surface area contributed by atoms with Crippen LogP contribution in [0, 0.1) is 0 Å². The van der Waals surface area contributed by atoms with Crippen LogP contribution >= 0.6 is 0 Å². The van der Waals surface area contributed by atoms with E-state index in [-0.39, 0.29) is 11.7 Å². The molecule has 122 valence electrons. The highest BCUT2D eigenvalue weighted by molar-refractivity contribution is 5.90. The lowest BCUT2D eigenvalue weighted by Crippen LogP contribution is -2.23. The van der Waals surface area contributed by atoms with Crippen LogP contribution in [0.3, 0.4) is 0 Å². The van der Waals surface area contributed by atoms with Gasteiger partial charge in [0.15, 0.2) is 5.82 Å². The average molecular weight is 313 g/mol. The summed E-state index contributed by atoms with van der Waals surface area (Å²) in [6.07, 6.45) is 2.56. The number of benzene rings is 1. The maximum atomic E-state index is 11.9. The minimum atomic E-state index is -0.176. The number of nitrogens with zero attached hydrogens (tertiary/aromatic N) is 4. The normalized spacial score (nSPS) is 16.5. The molecule has 0 bridgehead atoms. The van der Waals surface area contributed by atoms with Gasteiger partial charge in [0.1, 0.15) is 0 Å². The fraction of sp³-hybridized carbons (Fsp3) is 0.471. The molecule has 1 atom stereocenters. The van der Waals surface area contributed by atoms with Crippen molar-refractivity contribution in [3.8, 4) is 11.4 Å². The predicted octanol–water partition coefficient (Wildman–Crippen LogP) is 2.33. The van der Waals surface area contributed by atoms with E-state index in [1.54, 1.807) is 14.1 Å². The van der Waals surface area contributed by atoms with Gasteiger partial charge in [-0.1, -0.05) is 18.2 Å². The monoisotopic (exact) mass is 313 g/mol. The second-order valence-electron chi connectivity index (χ2n) is 6.25. The summed E-state index contributed by atoms with van der Waals surface area (Å²) in [5.74, 6) is 0.652. The molecule has 1 fully saturated rings. The molecule has 3 rings (SSSR count). The van der Waals surface area contributed by atoms with Crippen molar-refractivity contribution in [2.24, 2.45) is 0 Å². The van der Waals surface area contributed by atoms with Crippen LogP contribution < -0.4 is 0 Å². The number of hydrogen-bond acceptors (Lipinski definition) is 4. The van der Waals surface area contributed by atoms with Gasteiger partial charge in [0.25, 0.3) is 5.91 Å². The van der Waals surface area contributed by atoms with Crippen molar-refractivity contribution in [1.82, 2.24) is 25.0 Å². The summed E-state index contributed by atoms with van der Waals surface area (Å²) in [5.41, 5.74) is 2.19. The summed E-state index contributed by atoms with van der Waals surface area (Å²) in [4.78, 5) is 20.2. The highest BCUT2D eigenvalue weighted by Gasteiger charge is 2.20. The van der Waals surface area contributed by atoms with Crippen molar-refractivity contribution >= 4 is 5.91 Å². The molecule has 1 aliphatic rings. The van der Waals surface area contributed by atoms with Crippen molar-refractivity contribution in [2.75, 3.05) is 27.2 Å². The lowest BCUT2D eigenvalue weighted by molar-refractivity contribution is 0.0816. The third kappa shape index (κ3) is 3.27. The maximum Gasteiger partial charge on any atom is 0.290 e. The standard InChI is InChI=1S/C17H23N5O/c1-12(22-9-4-5-10-22)13-7-6-8-14(11-13)15-18-16(20-19-15)17(23)21(2)3/h6-8,11-12H,4-5,9-10H2,1-3H3,(H,18,19,20)/t12-/m0/s1. The smallest absolute Gasteiger partial charge is 0.290 e. The second-order valence-corrected chi connectivity index (χ2v) is 6.25. The molecule has 2 heterocycles. The van der Waals surface area contributed by atoms with Gasteiger partial charge < -0.3 is 4.90 Å². The maximum absolute atomic E-state index is 11.9. The highest BCUT2D eigenvalue weighted by Crippen LogP contribution is 2.27. The molecule has 1 aromatic carbocycles. The molecular weight excluding hydrogens is 290 g/mol. The first kappa shape index (κ1) is 15.7. The van der Waals surface area contributed by atoms with E-state index in [1.807, 2.05) is 12.1 Å². The number of H-pyrrole nitrogens is 1. The SMILES string of the molecule is C[C@@H](c1cccc(-c2n[nH]c(C(=O)N(C)C)n2)c1)N1CCCC1. The lowest BCUT2D eigenvalue weighted by atomic mass is 10.0. The zero-order chi connectivity index (χ0) is 16.4. The first-order valence-corrected chi connectivity index (χ1v) is 8.04. The van der Waals surface area contributed by atoms with Gasteiger partial charge >= 0.3 is 0 Å². The lowest BCUT2D eigenvalue weighted by Gasteiger charge is -2.24. The molecule has 0 unspecified atom stereocenters. The molecule has 1 aromatic heterocycles. The topological polar surface area (TPSA) is 65.1 Å². The van der Waals surface area contributed by atoms with Crippen LogP contribution in [-0.4, -0.2) is 58.1 Å². The van der Waals surface area contributed by atoms with E-state index < -0.39 is 0 Å². The predicted molar refractivity (Wildman–Crippen MR) is 89.1 cm³/mol. The Morgan fingerprint density at radius 3 is 2.74 bits per heavy atom. The molecule has 1 N–H and O–H groups in total. The first-order chi connectivity index (χ1) is 11.1. The third-order valence-corrected chi connectivity index (χ3v) is 4.41. The van der Waals surface area contributed by atoms with Crippen LogP contribution in [0.15, 0.2) is 24.3 Å². The molecular formula is C17H23N5O. The van der Waals surface area contributed by atoms with Crippen molar-refractivity contribution in [2.45, 2.75) is 25.8 Å². The number of rotatable bonds is 4. The highest BCUT2D eigenvalue weighted by atomic mass is 16.2. The van der Waals surface area contributed by atoms with E-state index in [0.717, 1.165) is 18.7 Å². The van der Waals surface area contributed by atoms with Crippen LogP contribution in [0.1, 0.15) is 42.0 Å². The summed E-state index contributed by atoms with van der Waals surface area (Å²) in [6.45, 7) is 4.56. The Bertz CT molecular complexity index is 688. The van der Waals surface area contributed by atoms with Gasteiger partial charge in [-0.2, -0.15) is 5.10 Å². The molecule has 6 nitrogen and oxygen atoms in total. The zero-order valence-electron chi connectivity index (χ0n) is 13.9. The minimum absolute atomic E-state index is 0.176. The van der Waals surface area contributed by atoms with Gasteiger partial charge in [0, 0.05) is 25.7 Å². The number of aromatic nitrogens is 3. The van der Waals surface area contributed by atoms with Crippen molar-refractivity contribution < 1.29 is 4.79 Å². The van der Waals surface area contributed by atoms with Gasteiger partial charge in [0.05, 0.1) is 0 Å². The van der Waals surface area contributed by atoms with E-state index in [9.17, 15) is 4.79 Å². The Balaban J connectivity index is 1.83. The first-order valence-electron chi connectivity index (χ1n) is 8.04. The van der Waals surface area contributed by atoms with E-state index in [1.165, 1.54) is 23.3 Å². The number of hydrogen-bond donors (Lipinski definition) is 1. The van der Waals surface area contributed by atoms with Crippen LogP contribution in [-0.2, 0) is 0 Å². The third-order valence-electron chi connectivity index (χ3n) is 4.41. The van der Waals surface area contributed by atoms with Crippen LogP contribution in [0.4, 0.5) is 0 Å². The molecule has 6 heteroatoms. The molecule has 0 radical (unpaired) electrons. The number of carbonyl (C=O) groups excluding carboxylic acids is 1. The Kier molecular flexibility index (Phi) is 4.43. The molecule has 0 saturated carbocycles. The summed E-state index contributed by atoms with van der Waals surface area (Å²) < 4.78 is 0. The average Bonchev–Trinajstić information content (AvgIpc) is 3.25. The number of aromatic amines is 1.